The lowest BCUT2D eigenvalue weighted by Crippen LogP contribution is -2.32. The van der Waals surface area contributed by atoms with E-state index in [1.165, 1.54) is 29.9 Å². The lowest BCUT2D eigenvalue weighted by atomic mass is 10.1. The van der Waals surface area contributed by atoms with Gasteiger partial charge in [-0.15, -0.1) is 0 Å². The van der Waals surface area contributed by atoms with E-state index in [0.717, 1.165) is 16.0 Å². The molecule has 0 spiro atoms. The SMILES string of the molecule is Clc1ccc(Br)cc1CNC1CCSCC1. The molecule has 1 N–H and O–H groups in total. The molecule has 0 atom stereocenters. The highest BCUT2D eigenvalue weighted by atomic mass is 79.9. The highest BCUT2D eigenvalue weighted by Gasteiger charge is 2.13. The van der Waals surface area contributed by atoms with Crippen LogP contribution in [0.2, 0.25) is 5.02 Å². The maximum Gasteiger partial charge on any atom is 0.0451 e. The third-order valence-electron chi connectivity index (χ3n) is 2.81. The molecule has 1 aromatic carbocycles. The first kappa shape index (κ1) is 12.7. The van der Waals surface area contributed by atoms with Gasteiger partial charge < -0.3 is 5.32 Å². The molecule has 0 bridgehead atoms. The molecule has 0 aromatic heterocycles. The molecule has 1 aromatic rings. The number of hydrogen-bond acceptors (Lipinski definition) is 2. The third kappa shape index (κ3) is 3.66. The van der Waals surface area contributed by atoms with Gasteiger partial charge in [0.05, 0.1) is 0 Å². The van der Waals surface area contributed by atoms with Gasteiger partial charge in [0.25, 0.3) is 0 Å². The first-order chi connectivity index (χ1) is 7.75. The van der Waals surface area contributed by atoms with Crippen LogP contribution in [0.4, 0.5) is 0 Å². The summed E-state index contributed by atoms with van der Waals surface area (Å²) < 4.78 is 1.09. The molecular weight excluding hydrogens is 306 g/mol. The van der Waals surface area contributed by atoms with E-state index in [-0.39, 0.29) is 0 Å². The van der Waals surface area contributed by atoms with Crippen molar-refractivity contribution in [1.82, 2.24) is 5.32 Å². The smallest absolute Gasteiger partial charge is 0.0451 e. The molecule has 1 aliphatic rings. The second-order valence-electron chi connectivity index (χ2n) is 4.00. The number of thioether (sulfide) groups is 1. The largest absolute Gasteiger partial charge is 0.310 e. The van der Waals surface area contributed by atoms with E-state index < -0.39 is 0 Å². The van der Waals surface area contributed by atoms with Crippen LogP contribution in [-0.4, -0.2) is 17.5 Å². The molecule has 1 saturated heterocycles. The highest BCUT2D eigenvalue weighted by Crippen LogP contribution is 2.22. The fourth-order valence-corrected chi connectivity index (χ4v) is 3.53. The van der Waals surface area contributed by atoms with E-state index in [4.69, 9.17) is 11.6 Å². The molecular formula is C12H15BrClNS. The van der Waals surface area contributed by atoms with Gasteiger partial charge in [-0.05, 0) is 48.1 Å². The van der Waals surface area contributed by atoms with Crippen molar-refractivity contribution in [2.75, 3.05) is 11.5 Å². The fourth-order valence-electron chi connectivity index (χ4n) is 1.83. The van der Waals surface area contributed by atoms with Gasteiger partial charge in [0.1, 0.15) is 0 Å². The zero-order chi connectivity index (χ0) is 11.4. The second-order valence-corrected chi connectivity index (χ2v) is 6.55. The van der Waals surface area contributed by atoms with Crippen molar-refractivity contribution in [3.63, 3.8) is 0 Å². The lowest BCUT2D eigenvalue weighted by molar-refractivity contribution is 0.482. The Balaban J connectivity index is 1.90. The Morgan fingerprint density at radius 1 is 1.38 bits per heavy atom. The van der Waals surface area contributed by atoms with Crippen molar-refractivity contribution in [1.29, 1.82) is 0 Å². The van der Waals surface area contributed by atoms with Gasteiger partial charge >= 0.3 is 0 Å². The predicted molar refractivity (Wildman–Crippen MR) is 76.3 cm³/mol. The zero-order valence-electron chi connectivity index (χ0n) is 9.01. The van der Waals surface area contributed by atoms with Crippen LogP contribution in [-0.2, 0) is 6.54 Å². The molecule has 0 aliphatic carbocycles. The molecule has 88 valence electrons. The minimum Gasteiger partial charge on any atom is -0.310 e. The molecule has 1 heterocycles. The Bertz CT molecular complexity index is 353. The maximum absolute atomic E-state index is 6.15. The molecule has 1 aliphatic heterocycles. The summed E-state index contributed by atoms with van der Waals surface area (Å²) in [6.45, 7) is 0.869. The Labute approximate surface area is 114 Å². The van der Waals surface area contributed by atoms with Gasteiger partial charge in [-0.25, -0.2) is 0 Å². The monoisotopic (exact) mass is 319 g/mol. The summed E-state index contributed by atoms with van der Waals surface area (Å²) in [5.41, 5.74) is 1.18. The molecule has 0 amide bonds. The van der Waals surface area contributed by atoms with Crippen LogP contribution in [0.3, 0.4) is 0 Å². The van der Waals surface area contributed by atoms with Crippen LogP contribution in [0.1, 0.15) is 18.4 Å². The van der Waals surface area contributed by atoms with E-state index in [1.54, 1.807) is 0 Å². The van der Waals surface area contributed by atoms with Crippen LogP contribution in [0.25, 0.3) is 0 Å². The average Bonchev–Trinajstić information content (AvgIpc) is 2.32. The first-order valence-corrected chi connectivity index (χ1v) is 7.83. The summed E-state index contributed by atoms with van der Waals surface area (Å²) in [4.78, 5) is 0. The van der Waals surface area contributed by atoms with E-state index >= 15 is 0 Å². The molecule has 0 radical (unpaired) electrons. The number of rotatable bonds is 3. The van der Waals surface area contributed by atoms with E-state index in [1.807, 2.05) is 12.1 Å². The van der Waals surface area contributed by atoms with Gasteiger partial charge in [-0.3, -0.25) is 0 Å². The minimum absolute atomic E-state index is 0.663. The van der Waals surface area contributed by atoms with Crippen molar-refractivity contribution >= 4 is 39.3 Å². The van der Waals surface area contributed by atoms with Gasteiger partial charge in [0.2, 0.25) is 0 Å². The summed E-state index contributed by atoms with van der Waals surface area (Å²) in [5, 5.41) is 4.44. The van der Waals surface area contributed by atoms with Crippen molar-refractivity contribution < 1.29 is 0 Å². The summed E-state index contributed by atoms with van der Waals surface area (Å²) in [7, 11) is 0. The number of hydrogen-bond donors (Lipinski definition) is 1. The van der Waals surface area contributed by atoms with E-state index in [9.17, 15) is 0 Å². The average molecular weight is 321 g/mol. The number of halogens is 2. The summed E-state index contributed by atoms with van der Waals surface area (Å²) in [5.74, 6) is 2.56. The topological polar surface area (TPSA) is 12.0 Å². The van der Waals surface area contributed by atoms with Gasteiger partial charge in [0, 0.05) is 22.1 Å². The normalized spacial score (nSPS) is 17.6. The molecule has 2 rings (SSSR count). The van der Waals surface area contributed by atoms with Crippen molar-refractivity contribution in [2.45, 2.75) is 25.4 Å². The predicted octanol–water partition coefficient (Wildman–Crippen LogP) is 4.09. The fraction of sp³-hybridized carbons (Fsp3) is 0.500. The molecule has 1 nitrogen and oxygen atoms in total. The molecule has 16 heavy (non-hydrogen) atoms. The lowest BCUT2D eigenvalue weighted by Gasteiger charge is -2.22. The van der Waals surface area contributed by atoms with Crippen molar-refractivity contribution in [3.8, 4) is 0 Å². The Kier molecular flexibility index (Phi) is 5.01. The Morgan fingerprint density at radius 2 is 2.12 bits per heavy atom. The summed E-state index contributed by atoms with van der Waals surface area (Å²) >= 11 is 11.7. The van der Waals surface area contributed by atoms with Crippen LogP contribution in [0.5, 0.6) is 0 Å². The van der Waals surface area contributed by atoms with Gasteiger partial charge in [0.15, 0.2) is 0 Å². The molecule has 0 unspecified atom stereocenters. The van der Waals surface area contributed by atoms with Gasteiger partial charge in [-0.1, -0.05) is 27.5 Å². The molecule has 1 fully saturated rings. The standard InChI is InChI=1S/C12H15BrClNS/c13-10-1-2-12(14)9(7-10)8-15-11-3-5-16-6-4-11/h1-2,7,11,15H,3-6,8H2. The zero-order valence-corrected chi connectivity index (χ0v) is 12.2. The maximum atomic E-state index is 6.15. The Morgan fingerprint density at radius 3 is 2.88 bits per heavy atom. The first-order valence-electron chi connectivity index (χ1n) is 5.51. The second kappa shape index (κ2) is 6.29. The van der Waals surface area contributed by atoms with Crippen LogP contribution >= 0.6 is 39.3 Å². The molecule has 4 heteroatoms. The highest BCUT2D eigenvalue weighted by molar-refractivity contribution is 9.10. The minimum atomic E-state index is 0.663. The Hall–Kier alpha value is 0.300. The van der Waals surface area contributed by atoms with Crippen molar-refractivity contribution in [3.05, 3.63) is 33.3 Å². The summed E-state index contributed by atoms with van der Waals surface area (Å²) in [6.07, 6.45) is 2.55. The molecule has 0 saturated carbocycles. The van der Waals surface area contributed by atoms with Gasteiger partial charge in [-0.2, -0.15) is 11.8 Å². The quantitative estimate of drug-likeness (QED) is 0.900. The van der Waals surface area contributed by atoms with Crippen LogP contribution in [0.15, 0.2) is 22.7 Å². The van der Waals surface area contributed by atoms with Crippen molar-refractivity contribution in [2.24, 2.45) is 0 Å². The van der Waals surface area contributed by atoms with Crippen LogP contribution in [0, 0.1) is 0 Å². The van der Waals surface area contributed by atoms with E-state index in [2.05, 4.69) is 39.1 Å². The van der Waals surface area contributed by atoms with E-state index in [0.29, 0.717) is 6.04 Å². The number of benzene rings is 1. The summed E-state index contributed by atoms with van der Waals surface area (Å²) in [6, 6.07) is 6.67. The van der Waals surface area contributed by atoms with Crippen LogP contribution < -0.4 is 5.32 Å². The number of nitrogens with one attached hydrogen (secondary N) is 1. The third-order valence-corrected chi connectivity index (χ3v) is 4.72.